The first-order chi connectivity index (χ1) is 10.2. The number of allylic oxidation sites excluding steroid dienone is 5. The summed E-state index contributed by atoms with van der Waals surface area (Å²) in [5.41, 5.74) is 3.17. The molecule has 0 saturated carbocycles. The van der Waals surface area contributed by atoms with Crippen molar-refractivity contribution in [2.45, 2.75) is 78.7 Å². The Balaban J connectivity index is 2.84. The van der Waals surface area contributed by atoms with Gasteiger partial charge in [-0.25, -0.2) is 0 Å². The van der Waals surface area contributed by atoms with Gasteiger partial charge in [0.05, 0.1) is 6.10 Å². The number of hydrogen-bond acceptors (Lipinski definition) is 1. The molecule has 21 heavy (non-hydrogen) atoms. The van der Waals surface area contributed by atoms with Gasteiger partial charge in [0.25, 0.3) is 0 Å². The largest absolute Gasteiger partial charge is 0.378 e. The van der Waals surface area contributed by atoms with Gasteiger partial charge in [0.15, 0.2) is 0 Å². The van der Waals surface area contributed by atoms with Crippen molar-refractivity contribution in [1.82, 2.24) is 0 Å². The highest BCUT2D eigenvalue weighted by molar-refractivity contribution is 5.31. The SMILES string of the molecule is CCCCOC(C)C(C)C1=C(/CCC)CCC\C=C/C=C/1. The lowest BCUT2D eigenvalue weighted by atomic mass is 9.87. The Labute approximate surface area is 132 Å². The number of rotatable bonds is 8. The molecule has 0 amide bonds. The Morgan fingerprint density at radius 2 is 1.95 bits per heavy atom. The van der Waals surface area contributed by atoms with Crippen molar-refractivity contribution >= 4 is 0 Å². The minimum absolute atomic E-state index is 0.299. The van der Waals surface area contributed by atoms with Crippen LogP contribution in [0, 0.1) is 5.92 Å². The van der Waals surface area contributed by atoms with Gasteiger partial charge in [-0.15, -0.1) is 0 Å². The molecule has 2 unspecified atom stereocenters. The summed E-state index contributed by atoms with van der Waals surface area (Å²) in [7, 11) is 0. The molecule has 1 rings (SSSR count). The second kappa shape index (κ2) is 10.8. The molecule has 0 radical (unpaired) electrons. The molecule has 0 spiro atoms. The van der Waals surface area contributed by atoms with Gasteiger partial charge in [0.2, 0.25) is 0 Å². The highest BCUT2D eigenvalue weighted by Crippen LogP contribution is 2.29. The molecule has 2 atom stereocenters. The van der Waals surface area contributed by atoms with Gasteiger partial charge in [-0.05, 0) is 44.6 Å². The molecule has 0 fully saturated rings. The summed E-state index contributed by atoms with van der Waals surface area (Å²) in [6, 6.07) is 0. The number of ether oxygens (including phenoxy) is 1. The third kappa shape index (κ3) is 6.65. The van der Waals surface area contributed by atoms with Gasteiger partial charge in [-0.3, -0.25) is 0 Å². The van der Waals surface area contributed by atoms with Crippen LogP contribution >= 0.6 is 0 Å². The molecule has 0 aromatic carbocycles. The third-order valence-corrected chi connectivity index (χ3v) is 4.41. The van der Waals surface area contributed by atoms with Crippen LogP contribution in [0.4, 0.5) is 0 Å². The summed E-state index contributed by atoms with van der Waals surface area (Å²) in [6.07, 6.45) is 17.9. The Hall–Kier alpha value is -0.820. The van der Waals surface area contributed by atoms with Crippen molar-refractivity contribution < 1.29 is 4.74 Å². The number of hydrogen-bond donors (Lipinski definition) is 0. The van der Waals surface area contributed by atoms with Gasteiger partial charge in [0.1, 0.15) is 0 Å². The van der Waals surface area contributed by atoms with E-state index in [9.17, 15) is 0 Å². The van der Waals surface area contributed by atoms with E-state index in [-0.39, 0.29) is 0 Å². The minimum Gasteiger partial charge on any atom is -0.378 e. The molecule has 0 heterocycles. The van der Waals surface area contributed by atoms with Gasteiger partial charge < -0.3 is 4.74 Å². The van der Waals surface area contributed by atoms with E-state index in [1.54, 1.807) is 5.57 Å². The summed E-state index contributed by atoms with van der Waals surface area (Å²) in [5.74, 6) is 0.478. The Morgan fingerprint density at radius 1 is 1.14 bits per heavy atom. The van der Waals surface area contributed by atoms with Crippen molar-refractivity contribution in [2.75, 3.05) is 6.61 Å². The zero-order valence-electron chi connectivity index (χ0n) is 14.5. The first-order valence-corrected chi connectivity index (χ1v) is 8.87. The molecule has 0 saturated heterocycles. The van der Waals surface area contributed by atoms with E-state index in [0.29, 0.717) is 12.0 Å². The zero-order valence-corrected chi connectivity index (χ0v) is 14.5. The lowest BCUT2D eigenvalue weighted by molar-refractivity contribution is 0.0389. The molecular weight excluding hydrogens is 256 g/mol. The van der Waals surface area contributed by atoms with Crippen LogP contribution in [-0.4, -0.2) is 12.7 Å². The van der Waals surface area contributed by atoms with Crippen LogP contribution in [0.5, 0.6) is 0 Å². The van der Waals surface area contributed by atoms with E-state index in [2.05, 4.69) is 52.0 Å². The number of unbranched alkanes of at least 4 members (excludes halogenated alkanes) is 1. The molecule has 120 valence electrons. The van der Waals surface area contributed by atoms with E-state index in [4.69, 9.17) is 4.74 Å². The van der Waals surface area contributed by atoms with Crippen LogP contribution in [0.3, 0.4) is 0 Å². The highest BCUT2D eigenvalue weighted by atomic mass is 16.5. The normalized spacial score (nSPS) is 25.5. The van der Waals surface area contributed by atoms with E-state index < -0.39 is 0 Å². The van der Waals surface area contributed by atoms with Crippen LogP contribution in [0.1, 0.15) is 72.6 Å². The Bertz CT molecular complexity index is 362. The first-order valence-electron chi connectivity index (χ1n) is 8.87. The second-order valence-electron chi connectivity index (χ2n) is 6.21. The summed E-state index contributed by atoms with van der Waals surface area (Å²) in [6.45, 7) is 9.94. The van der Waals surface area contributed by atoms with Crippen LogP contribution in [0.15, 0.2) is 35.5 Å². The summed E-state index contributed by atoms with van der Waals surface area (Å²) in [5, 5.41) is 0. The molecular formula is C20H34O. The average molecular weight is 290 g/mol. The lowest BCUT2D eigenvalue weighted by Crippen LogP contribution is -2.21. The van der Waals surface area contributed by atoms with Crippen molar-refractivity contribution in [3.8, 4) is 0 Å². The fourth-order valence-electron chi connectivity index (χ4n) is 2.89. The summed E-state index contributed by atoms with van der Waals surface area (Å²) >= 11 is 0. The van der Waals surface area contributed by atoms with Crippen LogP contribution in [0.25, 0.3) is 0 Å². The van der Waals surface area contributed by atoms with Gasteiger partial charge in [-0.2, -0.15) is 0 Å². The Kier molecular flexibility index (Phi) is 9.41. The maximum Gasteiger partial charge on any atom is 0.0612 e. The van der Waals surface area contributed by atoms with E-state index in [1.165, 1.54) is 44.1 Å². The lowest BCUT2D eigenvalue weighted by Gasteiger charge is -2.25. The van der Waals surface area contributed by atoms with Gasteiger partial charge in [0, 0.05) is 12.5 Å². The molecule has 1 aliphatic carbocycles. The Morgan fingerprint density at radius 3 is 2.67 bits per heavy atom. The van der Waals surface area contributed by atoms with Crippen molar-refractivity contribution in [1.29, 1.82) is 0 Å². The molecule has 0 aromatic heterocycles. The molecule has 0 bridgehead atoms. The monoisotopic (exact) mass is 290 g/mol. The topological polar surface area (TPSA) is 9.23 Å². The van der Waals surface area contributed by atoms with Crippen molar-refractivity contribution in [3.63, 3.8) is 0 Å². The maximum absolute atomic E-state index is 6.04. The zero-order chi connectivity index (χ0) is 15.5. The minimum atomic E-state index is 0.299. The van der Waals surface area contributed by atoms with Crippen LogP contribution in [0.2, 0.25) is 0 Å². The summed E-state index contributed by atoms with van der Waals surface area (Å²) < 4.78 is 6.04. The molecule has 0 aromatic rings. The molecule has 1 aliphatic rings. The second-order valence-corrected chi connectivity index (χ2v) is 6.21. The van der Waals surface area contributed by atoms with Crippen LogP contribution < -0.4 is 0 Å². The van der Waals surface area contributed by atoms with Crippen LogP contribution in [-0.2, 0) is 4.74 Å². The smallest absolute Gasteiger partial charge is 0.0612 e. The summed E-state index contributed by atoms with van der Waals surface area (Å²) in [4.78, 5) is 0. The molecule has 0 N–H and O–H groups in total. The highest BCUT2D eigenvalue weighted by Gasteiger charge is 2.18. The van der Waals surface area contributed by atoms with Crippen molar-refractivity contribution in [3.05, 3.63) is 35.5 Å². The van der Waals surface area contributed by atoms with Crippen molar-refractivity contribution in [2.24, 2.45) is 5.92 Å². The van der Waals surface area contributed by atoms with Gasteiger partial charge in [-0.1, -0.05) is 63.5 Å². The fourth-order valence-corrected chi connectivity index (χ4v) is 2.89. The maximum atomic E-state index is 6.04. The molecule has 0 aliphatic heterocycles. The average Bonchev–Trinajstić information content (AvgIpc) is 2.59. The van der Waals surface area contributed by atoms with E-state index >= 15 is 0 Å². The third-order valence-electron chi connectivity index (χ3n) is 4.41. The molecule has 1 nitrogen and oxygen atoms in total. The molecule has 1 heteroatoms. The predicted octanol–water partition coefficient (Wildman–Crippen LogP) is 6.22. The predicted molar refractivity (Wildman–Crippen MR) is 93.6 cm³/mol. The van der Waals surface area contributed by atoms with Gasteiger partial charge >= 0.3 is 0 Å². The standard InChI is InChI=1S/C20H34O/c1-5-7-16-21-18(4)17(3)20-15-12-10-8-9-11-14-19(20)13-6-2/h8,10,12,15,17-18H,5-7,9,11,13-14,16H2,1-4H3/b10-8-,15-12+,20-19+. The quantitative estimate of drug-likeness (QED) is 0.482. The van der Waals surface area contributed by atoms with E-state index in [1.807, 2.05) is 0 Å². The fraction of sp³-hybridized carbons (Fsp3) is 0.700. The first kappa shape index (κ1) is 18.2. The van der Waals surface area contributed by atoms with E-state index in [0.717, 1.165) is 13.0 Å².